The fourth-order valence-electron chi connectivity index (χ4n) is 6.45. The molecule has 1 fully saturated rings. The fourth-order valence-corrected chi connectivity index (χ4v) is 6.71. The molecule has 16 heteroatoms. The number of benzene rings is 2. The van der Waals surface area contributed by atoms with Crippen molar-refractivity contribution in [2.75, 3.05) is 14.2 Å². The summed E-state index contributed by atoms with van der Waals surface area (Å²) in [7, 11) is 6.16. The third-order valence-corrected chi connectivity index (χ3v) is 10.5. The highest BCUT2D eigenvalue weighted by molar-refractivity contribution is 6.62. The largest absolute Gasteiger partial charge is 0.498 e. The topological polar surface area (TPSA) is 158 Å². The van der Waals surface area contributed by atoms with Crippen LogP contribution >= 0.6 is 11.6 Å². The molecule has 0 N–H and O–H groups in total. The maximum Gasteiger partial charge on any atom is 0.498 e. The first-order chi connectivity index (χ1) is 27.7. The molecule has 0 bridgehead atoms. The monoisotopic (exact) mass is 798 g/mol. The van der Waals surface area contributed by atoms with Crippen LogP contribution in [0.1, 0.15) is 48.4 Å². The lowest BCUT2D eigenvalue weighted by molar-refractivity contribution is 0.00578. The summed E-state index contributed by atoms with van der Waals surface area (Å²) in [4.78, 5) is 40.7. The highest BCUT2D eigenvalue weighted by Gasteiger charge is 2.52. The van der Waals surface area contributed by atoms with Crippen molar-refractivity contribution < 1.29 is 28.4 Å². The van der Waals surface area contributed by atoms with E-state index in [-0.39, 0.29) is 24.3 Å². The number of aryl methyl sites for hydroxylation is 2. The molecule has 0 atom stereocenters. The summed E-state index contributed by atoms with van der Waals surface area (Å²) in [6.45, 7) is 8.18. The van der Waals surface area contributed by atoms with Crippen LogP contribution in [0.5, 0.6) is 0 Å². The van der Waals surface area contributed by atoms with E-state index in [1.165, 1.54) is 14.2 Å². The zero-order chi connectivity index (χ0) is 41.4. The minimum absolute atomic E-state index is 0.284. The average molecular weight is 799 g/mol. The highest BCUT2D eigenvalue weighted by atomic mass is 35.5. The molecule has 0 unspecified atom stereocenters. The van der Waals surface area contributed by atoms with Gasteiger partial charge in [0.05, 0.1) is 59.5 Å². The van der Waals surface area contributed by atoms with Gasteiger partial charge in [-0.1, -0.05) is 23.7 Å². The van der Waals surface area contributed by atoms with Crippen LogP contribution < -0.4 is 5.46 Å². The smallest absolute Gasteiger partial charge is 0.465 e. The molecule has 0 amide bonds. The predicted molar refractivity (Wildman–Crippen MR) is 223 cm³/mol. The average Bonchev–Trinajstić information content (AvgIpc) is 3.92. The van der Waals surface area contributed by atoms with Crippen molar-refractivity contribution in [3.8, 4) is 11.3 Å². The molecule has 1 aliphatic heterocycles. The van der Waals surface area contributed by atoms with Crippen LogP contribution in [0.2, 0.25) is 5.15 Å². The van der Waals surface area contributed by atoms with Crippen LogP contribution in [-0.4, -0.2) is 84.0 Å². The minimum Gasteiger partial charge on any atom is -0.465 e. The number of ether oxygens (including phenoxy) is 2. The third kappa shape index (κ3) is 7.83. The van der Waals surface area contributed by atoms with Crippen molar-refractivity contribution in [2.45, 2.75) is 38.9 Å². The Hall–Kier alpha value is -6.29. The van der Waals surface area contributed by atoms with Crippen molar-refractivity contribution in [2.24, 2.45) is 14.1 Å². The van der Waals surface area contributed by atoms with E-state index in [0.29, 0.717) is 21.8 Å². The molecule has 0 saturated carbocycles. The Kier molecular flexibility index (Phi) is 11.0. The summed E-state index contributed by atoms with van der Waals surface area (Å²) < 4.78 is 24.8. The second kappa shape index (κ2) is 15.9. The molecule has 8 aromatic rings. The predicted octanol–water partition coefficient (Wildman–Crippen LogP) is 6.91. The molecule has 6 aromatic heterocycles. The van der Waals surface area contributed by atoms with E-state index < -0.39 is 5.97 Å². The summed E-state index contributed by atoms with van der Waals surface area (Å²) in [5.74, 6) is -0.779. The number of halogens is 1. The van der Waals surface area contributed by atoms with Gasteiger partial charge in [0, 0.05) is 101 Å². The number of methoxy groups -OCH3 is 2. The van der Waals surface area contributed by atoms with Crippen LogP contribution in [-0.2, 0) is 32.9 Å². The second-order valence-electron chi connectivity index (χ2n) is 14.6. The van der Waals surface area contributed by atoms with Gasteiger partial charge in [0.1, 0.15) is 5.15 Å². The molecule has 294 valence electrons. The van der Waals surface area contributed by atoms with Crippen molar-refractivity contribution in [3.63, 3.8) is 0 Å². The van der Waals surface area contributed by atoms with Gasteiger partial charge in [0.15, 0.2) is 0 Å². The first-order valence-corrected chi connectivity index (χ1v) is 18.6. The molecule has 0 spiro atoms. The quantitative estimate of drug-likeness (QED) is 0.0785. The van der Waals surface area contributed by atoms with Crippen LogP contribution in [0.15, 0.2) is 98.1 Å². The van der Waals surface area contributed by atoms with Gasteiger partial charge in [0.2, 0.25) is 0 Å². The van der Waals surface area contributed by atoms with Gasteiger partial charge in [-0.2, -0.15) is 10.2 Å². The summed E-state index contributed by atoms with van der Waals surface area (Å²) in [6.07, 6.45) is 14.4. The Balaban J connectivity index is 0.000000136. The highest BCUT2D eigenvalue weighted by Crippen LogP contribution is 2.36. The van der Waals surface area contributed by atoms with Crippen LogP contribution in [0.3, 0.4) is 0 Å². The summed E-state index contributed by atoms with van der Waals surface area (Å²) in [6, 6.07) is 14.3. The molecular formula is C42H40BClN8O6. The summed E-state index contributed by atoms with van der Waals surface area (Å²) in [5, 5.41) is 14.3. The Labute approximate surface area is 339 Å². The van der Waals surface area contributed by atoms with E-state index in [1.54, 1.807) is 64.6 Å². The molecule has 0 aliphatic carbocycles. The van der Waals surface area contributed by atoms with Crippen molar-refractivity contribution in [3.05, 3.63) is 114 Å². The fraction of sp³-hybridized carbons (Fsp3) is 0.238. The van der Waals surface area contributed by atoms with Gasteiger partial charge in [-0.25, -0.2) is 19.6 Å². The minimum atomic E-state index is -0.397. The number of nitrogens with zero attached hydrogens (tertiary/aromatic N) is 8. The van der Waals surface area contributed by atoms with Gasteiger partial charge < -0.3 is 18.8 Å². The van der Waals surface area contributed by atoms with E-state index in [1.807, 2.05) is 84.6 Å². The zero-order valence-corrected chi connectivity index (χ0v) is 34.0. The molecule has 2 aromatic carbocycles. The van der Waals surface area contributed by atoms with E-state index >= 15 is 0 Å². The zero-order valence-electron chi connectivity index (χ0n) is 33.2. The lowest BCUT2D eigenvalue weighted by Gasteiger charge is -2.32. The number of fused-ring (bicyclic) bond motifs is 6. The molecule has 0 radical (unpaired) electrons. The van der Waals surface area contributed by atoms with Gasteiger partial charge in [0.25, 0.3) is 0 Å². The number of aromatic nitrogens is 8. The Morgan fingerprint density at radius 1 is 0.655 bits per heavy atom. The Bertz CT molecular complexity index is 2830. The number of rotatable bonds is 4. The standard InChI is InChI=1S/C18H14N4O2.C14H9ClN2O2.C10H17BN2O2/c1-22-10-12(8-20-22)17-14-5-6-19-9-15(14)13-4-3-11(18(23)24-2)7-16(13)21-17;1-19-14(18)8-2-3-9-11-7-16-5-4-10(11)13(15)17-12(9)6-8;1-9(2)10(3,4)15-11(14-9)8-6-12-13(5)7-8/h3-10H,1-2H3;2-7H,1H3;6-7H,1-5H3. The third-order valence-electron chi connectivity index (χ3n) is 10.2. The number of carbonyl (C=O) groups excluding carboxylic acids is 2. The molecule has 9 rings (SSSR count). The first-order valence-electron chi connectivity index (χ1n) is 18.2. The van der Waals surface area contributed by atoms with Gasteiger partial charge in [-0.15, -0.1) is 0 Å². The molecule has 7 heterocycles. The number of pyridine rings is 4. The van der Waals surface area contributed by atoms with Crippen LogP contribution in [0.25, 0.3) is 54.6 Å². The second-order valence-corrected chi connectivity index (χ2v) is 14.9. The molecule has 1 saturated heterocycles. The normalized spacial score (nSPS) is 14.2. The number of hydrogen-bond acceptors (Lipinski definition) is 12. The molecule has 58 heavy (non-hydrogen) atoms. The lowest BCUT2D eigenvalue weighted by Crippen LogP contribution is -2.41. The summed E-state index contributed by atoms with van der Waals surface area (Å²) in [5.41, 5.74) is 4.41. The Morgan fingerprint density at radius 3 is 1.69 bits per heavy atom. The van der Waals surface area contributed by atoms with Crippen molar-refractivity contribution >= 4 is 79.5 Å². The van der Waals surface area contributed by atoms with E-state index in [4.69, 9.17) is 35.4 Å². The van der Waals surface area contributed by atoms with E-state index in [2.05, 4.69) is 25.1 Å². The van der Waals surface area contributed by atoms with Crippen molar-refractivity contribution in [1.82, 2.24) is 39.5 Å². The number of carbonyl (C=O) groups is 2. The maximum atomic E-state index is 11.8. The van der Waals surface area contributed by atoms with Crippen LogP contribution in [0, 0.1) is 0 Å². The summed E-state index contributed by atoms with van der Waals surface area (Å²) >= 11 is 6.15. The van der Waals surface area contributed by atoms with Crippen molar-refractivity contribution in [1.29, 1.82) is 0 Å². The van der Waals surface area contributed by atoms with E-state index in [9.17, 15) is 9.59 Å². The van der Waals surface area contributed by atoms with Gasteiger partial charge in [-0.3, -0.25) is 19.3 Å². The molecule has 1 aliphatic rings. The lowest BCUT2D eigenvalue weighted by atomic mass is 9.82. The van der Waals surface area contributed by atoms with Gasteiger partial charge >= 0.3 is 19.1 Å². The number of hydrogen-bond donors (Lipinski definition) is 0. The molecular weight excluding hydrogens is 759 g/mol. The molecule has 14 nitrogen and oxygen atoms in total. The van der Waals surface area contributed by atoms with Crippen LogP contribution in [0.4, 0.5) is 0 Å². The Morgan fingerprint density at radius 2 is 1.17 bits per heavy atom. The first kappa shape index (κ1) is 39.9. The van der Waals surface area contributed by atoms with E-state index in [0.717, 1.165) is 54.6 Å². The van der Waals surface area contributed by atoms with Gasteiger partial charge in [-0.05, 0) is 64.1 Å². The maximum absolute atomic E-state index is 11.8. The SMILES string of the molecule is COC(=O)c1ccc2c(c1)nc(-c1cnn(C)c1)c1ccncc12.COC(=O)c1ccc2c(c1)nc(Cl)c1ccncc12.Cn1cc(B2OC(C)(C)C(C)(C)O2)cn1. The number of esters is 2.